The Balaban J connectivity index is 1.30. The van der Waals surface area contributed by atoms with E-state index in [-0.39, 0.29) is 35.3 Å². The van der Waals surface area contributed by atoms with Crippen LogP contribution in [-0.2, 0) is 18.8 Å². The summed E-state index contributed by atoms with van der Waals surface area (Å²) in [7, 11) is -1.49. The van der Waals surface area contributed by atoms with E-state index < -0.39 is 43.9 Å². The van der Waals surface area contributed by atoms with E-state index in [1.807, 2.05) is 42.5 Å². The number of carbonyl (C=O) groups excluding carboxylic acids is 2. The third-order valence-electron chi connectivity index (χ3n) is 11.9. The highest BCUT2D eigenvalue weighted by Crippen LogP contribution is 2.59. The number of nitrogens with zero attached hydrogens (tertiary/aromatic N) is 1. The number of halogens is 1. The van der Waals surface area contributed by atoms with Crippen LogP contribution in [-0.4, -0.2) is 60.8 Å². The summed E-state index contributed by atoms with van der Waals surface area (Å²) in [5.74, 6) is -4.01. The Labute approximate surface area is 309 Å². The minimum atomic E-state index is -3.00. The van der Waals surface area contributed by atoms with Crippen molar-refractivity contribution in [3.63, 3.8) is 0 Å². The van der Waals surface area contributed by atoms with Crippen molar-refractivity contribution in [2.75, 3.05) is 13.7 Å². The van der Waals surface area contributed by atoms with Gasteiger partial charge in [0.2, 0.25) is 11.8 Å². The normalized spacial score (nSPS) is 28.8. The van der Waals surface area contributed by atoms with E-state index in [1.54, 1.807) is 11.0 Å². The smallest absolute Gasteiger partial charge is 0.261 e. The lowest BCUT2D eigenvalue weighted by molar-refractivity contribution is -0.273. The molecule has 2 heterocycles. The number of benzene rings is 3. The number of phenolic OH excluding ortho intramolecular Hbond substituents is 1. The van der Waals surface area contributed by atoms with E-state index in [9.17, 15) is 19.8 Å². The molecule has 3 aromatic carbocycles. The van der Waals surface area contributed by atoms with Crippen LogP contribution in [0, 0.1) is 27.2 Å². The summed E-state index contributed by atoms with van der Waals surface area (Å²) in [6.07, 6.45) is 4.87. The van der Waals surface area contributed by atoms with Gasteiger partial charge in [-0.2, -0.15) is 0 Å². The maximum Gasteiger partial charge on any atom is 0.261 e. The minimum absolute atomic E-state index is 0.0438. The number of hydrogen-bond acceptors (Lipinski definition) is 7. The van der Waals surface area contributed by atoms with Gasteiger partial charge in [-0.05, 0) is 81.4 Å². The van der Waals surface area contributed by atoms with Crippen LogP contribution in [0.5, 0.6) is 11.5 Å². The molecule has 4 aliphatic rings. The maximum atomic E-state index is 14.4. The number of amides is 2. The van der Waals surface area contributed by atoms with Gasteiger partial charge in [-0.15, -0.1) is 0 Å². The SMILES string of the molecule is COc1cc([C@@H]2C[C@H]3[C@H]4C(=O)N(C5CCCCC5)C(=O)[C@H]4C[C@H](CO[Si](c4ccccc4)(c4ccccc4)C(C)(C)C)[C@@]3(O)O2)cc(I)c1O. The number of methoxy groups -OCH3 is 1. The monoisotopic (exact) mass is 809 g/mol. The van der Waals surface area contributed by atoms with Crippen LogP contribution < -0.4 is 15.1 Å². The molecule has 2 aliphatic heterocycles. The molecule has 0 unspecified atom stereocenters. The maximum absolute atomic E-state index is 14.4. The van der Waals surface area contributed by atoms with E-state index in [0.717, 1.165) is 48.0 Å². The number of carbonyl (C=O) groups is 2. The van der Waals surface area contributed by atoms with Crippen LogP contribution in [0.15, 0.2) is 72.8 Å². The standard InChI is InChI=1S/C40H48INO7Si/c1-39(2,3)50(28-16-10-6-11-17-28,29-18-12-7-13-19-29)48-24-26-22-30-35(38(45)42(37(30)44)27-14-8-5-9-15-27)31-23-33(49-40(26,31)46)25-20-32(41)36(43)34(21-25)47-4/h6-7,10-13,16-21,26-27,30-31,33,35,43,46H,5,8-9,14-15,22-24H2,1-4H3/t26-,30+,31+,33+,35+,40-/m1/s1. The molecule has 2 aliphatic carbocycles. The summed E-state index contributed by atoms with van der Waals surface area (Å²) >= 11 is 2.06. The topological polar surface area (TPSA) is 106 Å². The molecule has 2 saturated heterocycles. The molecule has 3 aromatic rings. The number of ether oxygens (including phenoxy) is 2. The third-order valence-corrected chi connectivity index (χ3v) is 17.7. The van der Waals surface area contributed by atoms with Gasteiger partial charge in [0.25, 0.3) is 8.32 Å². The van der Waals surface area contributed by atoms with Crippen molar-refractivity contribution in [1.82, 2.24) is 4.90 Å². The van der Waals surface area contributed by atoms with Crippen molar-refractivity contribution in [1.29, 1.82) is 0 Å². The summed E-state index contributed by atoms with van der Waals surface area (Å²) in [6.45, 7) is 6.82. The molecule has 0 radical (unpaired) electrons. The minimum Gasteiger partial charge on any atom is -0.504 e. The Kier molecular flexibility index (Phi) is 9.73. The molecule has 2 N–H and O–H groups in total. The molecule has 2 amide bonds. The van der Waals surface area contributed by atoms with Crippen molar-refractivity contribution in [2.45, 2.75) is 88.7 Å². The number of aromatic hydroxyl groups is 1. The van der Waals surface area contributed by atoms with Gasteiger partial charge in [-0.1, -0.05) is 101 Å². The van der Waals surface area contributed by atoms with Gasteiger partial charge in [0.15, 0.2) is 17.3 Å². The van der Waals surface area contributed by atoms with E-state index in [2.05, 4.69) is 67.6 Å². The summed E-state index contributed by atoms with van der Waals surface area (Å²) in [5.41, 5.74) is 0.746. The third kappa shape index (κ3) is 5.83. The van der Waals surface area contributed by atoms with Crippen molar-refractivity contribution < 1.29 is 33.7 Å². The lowest BCUT2D eigenvalue weighted by atomic mass is 9.64. The number of rotatable bonds is 8. The van der Waals surface area contributed by atoms with Crippen molar-refractivity contribution in [2.24, 2.45) is 23.7 Å². The lowest BCUT2D eigenvalue weighted by Crippen LogP contribution is -2.67. The van der Waals surface area contributed by atoms with Gasteiger partial charge in [0, 0.05) is 24.5 Å². The number of hydrogen-bond donors (Lipinski definition) is 2. The zero-order chi connectivity index (χ0) is 35.4. The second kappa shape index (κ2) is 13.7. The number of imide groups is 1. The number of fused-ring (bicyclic) bond motifs is 3. The Bertz CT molecular complexity index is 1690. The van der Waals surface area contributed by atoms with Crippen LogP contribution in [0.2, 0.25) is 5.04 Å². The Morgan fingerprint density at radius 3 is 2.14 bits per heavy atom. The predicted molar refractivity (Wildman–Crippen MR) is 202 cm³/mol. The Morgan fingerprint density at radius 1 is 0.940 bits per heavy atom. The van der Waals surface area contributed by atoms with E-state index in [1.165, 1.54) is 7.11 Å². The van der Waals surface area contributed by atoms with Gasteiger partial charge in [0.05, 0.1) is 28.6 Å². The second-order valence-corrected chi connectivity index (χ2v) is 21.1. The van der Waals surface area contributed by atoms with Gasteiger partial charge in [0.1, 0.15) is 0 Å². The number of likely N-dealkylation sites (tertiary alicyclic amines) is 1. The molecule has 2 saturated carbocycles. The summed E-state index contributed by atoms with van der Waals surface area (Å²) in [5, 5.41) is 25.4. The highest BCUT2D eigenvalue weighted by molar-refractivity contribution is 14.1. The molecule has 50 heavy (non-hydrogen) atoms. The zero-order valence-electron chi connectivity index (χ0n) is 29.3. The molecule has 7 rings (SSSR count). The van der Waals surface area contributed by atoms with Crippen molar-refractivity contribution in [3.05, 3.63) is 81.9 Å². The molecule has 0 aromatic heterocycles. The molecular formula is C40H48INO7Si. The predicted octanol–water partition coefficient (Wildman–Crippen LogP) is 6.30. The van der Waals surface area contributed by atoms with Gasteiger partial charge >= 0.3 is 0 Å². The van der Waals surface area contributed by atoms with Crippen molar-refractivity contribution >= 4 is 53.1 Å². The van der Waals surface area contributed by atoms with Gasteiger partial charge in [-0.3, -0.25) is 14.5 Å². The zero-order valence-corrected chi connectivity index (χ0v) is 32.5. The largest absolute Gasteiger partial charge is 0.504 e. The van der Waals surface area contributed by atoms with Crippen LogP contribution >= 0.6 is 22.6 Å². The first-order valence-corrected chi connectivity index (χ1v) is 21.0. The Morgan fingerprint density at radius 2 is 1.56 bits per heavy atom. The molecular weight excluding hydrogens is 761 g/mol. The van der Waals surface area contributed by atoms with Gasteiger partial charge < -0.3 is 24.1 Å². The fourth-order valence-corrected chi connectivity index (χ4v) is 14.8. The first-order valence-electron chi connectivity index (χ1n) is 18.0. The summed E-state index contributed by atoms with van der Waals surface area (Å²) in [6, 6.07) is 24.3. The molecule has 4 fully saturated rings. The van der Waals surface area contributed by atoms with Gasteiger partial charge in [-0.25, -0.2) is 0 Å². The van der Waals surface area contributed by atoms with Crippen molar-refractivity contribution in [3.8, 4) is 11.5 Å². The Hall–Kier alpha value is -2.77. The fraction of sp³-hybridized carbons (Fsp3) is 0.500. The van der Waals surface area contributed by atoms with Crippen LogP contribution in [0.3, 0.4) is 0 Å². The molecule has 10 heteroatoms. The second-order valence-electron chi connectivity index (χ2n) is 15.6. The molecule has 266 valence electrons. The molecule has 8 nitrogen and oxygen atoms in total. The molecule has 6 atom stereocenters. The fourth-order valence-electron chi connectivity index (χ4n) is 9.53. The average molecular weight is 810 g/mol. The van der Waals surface area contributed by atoms with E-state index in [0.29, 0.717) is 22.2 Å². The highest BCUT2D eigenvalue weighted by atomic mass is 127. The number of phenols is 1. The average Bonchev–Trinajstić information content (AvgIpc) is 3.59. The molecule has 0 spiro atoms. The van der Waals surface area contributed by atoms with Crippen LogP contribution in [0.1, 0.15) is 77.4 Å². The molecule has 0 bridgehead atoms. The summed E-state index contributed by atoms with van der Waals surface area (Å²) in [4.78, 5) is 30.2. The van der Waals surface area contributed by atoms with E-state index >= 15 is 0 Å². The quantitative estimate of drug-likeness (QED) is 0.156. The first kappa shape index (κ1) is 35.6. The highest BCUT2D eigenvalue weighted by Gasteiger charge is 2.67. The number of aliphatic hydroxyl groups is 1. The van der Waals surface area contributed by atoms with Crippen LogP contribution in [0.4, 0.5) is 0 Å². The summed E-state index contributed by atoms with van der Waals surface area (Å²) < 4.78 is 20.2. The van der Waals surface area contributed by atoms with Crippen LogP contribution in [0.25, 0.3) is 0 Å². The first-order chi connectivity index (χ1) is 23.9. The lowest BCUT2D eigenvalue weighted by Gasteiger charge is -2.48. The van der Waals surface area contributed by atoms with E-state index in [4.69, 9.17) is 13.9 Å².